The maximum Gasteiger partial charge on any atom is 0.231 e. The van der Waals surface area contributed by atoms with Gasteiger partial charge in [-0.25, -0.2) is 0 Å². The van der Waals surface area contributed by atoms with Crippen molar-refractivity contribution in [2.24, 2.45) is 5.73 Å². The monoisotopic (exact) mass is 454 g/mol. The van der Waals surface area contributed by atoms with E-state index in [-0.39, 0.29) is 0 Å². The van der Waals surface area contributed by atoms with Crippen LogP contribution < -0.4 is 21.3 Å². The highest BCUT2D eigenvalue weighted by Crippen LogP contribution is 2.32. The van der Waals surface area contributed by atoms with Crippen molar-refractivity contribution in [1.82, 2.24) is 20.2 Å². The molecule has 0 unspecified atom stereocenters. The zero-order valence-electron chi connectivity index (χ0n) is 18.3. The van der Waals surface area contributed by atoms with Crippen molar-refractivity contribution >= 4 is 45.9 Å². The fourth-order valence-electron chi connectivity index (χ4n) is 4.38. The van der Waals surface area contributed by atoms with E-state index in [0.717, 1.165) is 79.6 Å². The average Bonchev–Trinajstić information content (AvgIpc) is 3.25. The smallest absolute Gasteiger partial charge is 0.231 e. The summed E-state index contributed by atoms with van der Waals surface area (Å²) in [6.07, 6.45) is 6.18. The Labute approximate surface area is 191 Å². The lowest BCUT2D eigenvalue weighted by Gasteiger charge is -2.29. The van der Waals surface area contributed by atoms with Gasteiger partial charge >= 0.3 is 0 Å². The molecule has 0 amide bonds. The number of hydrogen-bond acceptors (Lipinski definition) is 9. The van der Waals surface area contributed by atoms with Gasteiger partial charge in [-0.05, 0) is 56.2 Å². The van der Waals surface area contributed by atoms with Gasteiger partial charge in [0.15, 0.2) is 5.65 Å². The van der Waals surface area contributed by atoms with Crippen LogP contribution in [0.1, 0.15) is 25.7 Å². The average molecular weight is 455 g/mol. The van der Waals surface area contributed by atoms with Crippen LogP contribution >= 0.6 is 11.8 Å². The first kappa shape index (κ1) is 21.3. The third kappa shape index (κ3) is 4.62. The van der Waals surface area contributed by atoms with Crippen molar-refractivity contribution in [3.63, 3.8) is 0 Å². The first-order valence-electron chi connectivity index (χ1n) is 11.2. The molecule has 1 saturated carbocycles. The normalized spacial score (nSPS) is 21.6. The second-order valence-corrected chi connectivity index (χ2v) is 9.17. The lowest BCUT2D eigenvalue weighted by Crippen LogP contribution is -2.36. The summed E-state index contributed by atoms with van der Waals surface area (Å²) in [7, 11) is 0. The molecule has 0 spiro atoms. The molecular formula is C22H30N8OS. The first-order chi connectivity index (χ1) is 15.7. The molecule has 32 heavy (non-hydrogen) atoms. The molecule has 170 valence electrons. The zero-order chi connectivity index (χ0) is 21.9. The third-order valence-electron chi connectivity index (χ3n) is 6.19. The number of ether oxygens (including phenoxy) is 1. The summed E-state index contributed by atoms with van der Waals surface area (Å²) < 4.78 is 5.45. The van der Waals surface area contributed by atoms with E-state index in [4.69, 9.17) is 15.5 Å². The second-order valence-electron chi connectivity index (χ2n) is 8.38. The van der Waals surface area contributed by atoms with Gasteiger partial charge in [-0.15, -0.1) is 11.8 Å². The van der Waals surface area contributed by atoms with Gasteiger partial charge in [0.25, 0.3) is 0 Å². The number of thioether (sulfide) groups is 1. The standard InChI is InChI=1S/C22H30N8OS/c1-32-21-18-19(24-15-4-2-14(23)3-5-15)26-22(27-20(18)28-29-21)25-16-6-8-17(9-7-16)30-10-12-31-13-11-30/h6-9,14-15H,2-5,10-13,23H2,1H3,(H3,24,25,26,27,28,29)/t14-,15+. The number of morpholine rings is 1. The molecule has 1 aliphatic carbocycles. The second kappa shape index (κ2) is 9.51. The summed E-state index contributed by atoms with van der Waals surface area (Å²) in [6.45, 7) is 3.40. The number of nitrogens with zero attached hydrogens (tertiary/aromatic N) is 4. The highest BCUT2D eigenvalue weighted by molar-refractivity contribution is 7.98. The molecule has 0 atom stereocenters. The van der Waals surface area contributed by atoms with Gasteiger partial charge in [0.1, 0.15) is 10.8 Å². The van der Waals surface area contributed by atoms with E-state index in [0.29, 0.717) is 18.0 Å². The van der Waals surface area contributed by atoms with Crippen LogP contribution in [0.3, 0.4) is 0 Å². The molecular weight excluding hydrogens is 424 g/mol. The summed E-state index contributed by atoms with van der Waals surface area (Å²) in [4.78, 5) is 11.8. The van der Waals surface area contributed by atoms with Gasteiger partial charge in [0.05, 0.1) is 18.6 Å². The van der Waals surface area contributed by atoms with Crippen molar-refractivity contribution in [2.75, 3.05) is 48.1 Å². The number of fused-ring (bicyclic) bond motifs is 1. The largest absolute Gasteiger partial charge is 0.378 e. The Bertz CT molecular complexity index is 1040. The van der Waals surface area contributed by atoms with Gasteiger partial charge in [0.2, 0.25) is 5.95 Å². The molecule has 5 rings (SSSR count). The Balaban J connectivity index is 1.37. The molecule has 1 saturated heterocycles. The first-order valence-corrected chi connectivity index (χ1v) is 12.4. The molecule has 10 heteroatoms. The Morgan fingerprint density at radius 1 is 1.09 bits per heavy atom. The van der Waals surface area contributed by atoms with E-state index in [1.54, 1.807) is 11.8 Å². The molecule has 1 aromatic carbocycles. The maximum absolute atomic E-state index is 6.09. The van der Waals surface area contributed by atoms with Crippen LogP contribution in [0.2, 0.25) is 0 Å². The number of nitrogens with one attached hydrogen (secondary N) is 3. The lowest BCUT2D eigenvalue weighted by atomic mass is 9.92. The van der Waals surface area contributed by atoms with Crippen LogP contribution in [0.15, 0.2) is 29.3 Å². The summed E-state index contributed by atoms with van der Waals surface area (Å²) in [5.74, 6) is 1.36. The Hall–Kier alpha value is -2.56. The molecule has 9 nitrogen and oxygen atoms in total. The Morgan fingerprint density at radius 3 is 2.56 bits per heavy atom. The van der Waals surface area contributed by atoms with Crippen molar-refractivity contribution in [2.45, 2.75) is 42.8 Å². The Morgan fingerprint density at radius 2 is 1.84 bits per heavy atom. The predicted octanol–water partition coefficient (Wildman–Crippen LogP) is 3.34. The number of H-pyrrole nitrogens is 1. The summed E-state index contributed by atoms with van der Waals surface area (Å²) >= 11 is 1.59. The molecule has 3 aromatic rings. The minimum absolute atomic E-state index is 0.312. The fourth-order valence-corrected chi connectivity index (χ4v) is 4.91. The molecule has 0 bridgehead atoms. The third-order valence-corrected chi connectivity index (χ3v) is 6.87. The molecule has 2 aliphatic rings. The zero-order valence-corrected chi connectivity index (χ0v) is 19.1. The highest BCUT2D eigenvalue weighted by Gasteiger charge is 2.22. The van der Waals surface area contributed by atoms with E-state index in [1.807, 2.05) is 6.26 Å². The quantitative estimate of drug-likeness (QED) is 0.416. The number of aromatic amines is 1. The van der Waals surface area contributed by atoms with Crippen LogP contribution in [-0.4, -0.2) is 64.8 Å². The van der Waals surface area contributed by atoms with Gasteiger partial charge in [0, 0.05) is 36.5 Å². The van der Waals surface area contributed by atoms with Crippen molar-refractivity contribution < 1.29 is 4.74 Å². The molecule has 2 aromatic heterocycles. The SMILES string of the molecule is CSc1n[nH]c2nc(Nc3ccc(N4CCOCC4)cc3)nc(N[C@H]3CC[C@@H](N)CC3)c12. The van der Waals surface area contributed by atoms with Crippen LogP contribution in [0.25, 0.3) is 11.0 Å². The number of aromatic nitrogens is 4. The molecule has 2 fully saturated rings. The highest BCUT2D eigenvalue weighted by atomic mass is 32.2. The van der Waals surface area contributed by atoms with Gasteiger partial charge in [-0.3, -0.25) is 5.10 Å². The predicted molar refractivity (Wildman–Crippen MR) is 130 cm³/mol. The van der Waals surface area contributed by atoms with Gasteiger partial charge in [-0.2, -0.15) is 15.1 Å². The summed E-state index contributed by atoms with van der Waals surface area (Å²) in [5.41, 5.74) is 8.96. The molecule has 3 heterocycles. The van der Waals surface area contributed by atoms with E-state index in [9.17, 15) is 0 Å². The summed E-state index contributed by atoms with van der Waals surface area (Å²) in [5, 5.41) is 16.3. The van der Waals surface area contributed by atoms with Crippen LogP contribution in [0.4, 0.5) is 23.1 Å². The molecule has 0 radical (unpaired) electrons. The van der Waals surface area contributed by atoms with Crippen LogP contribution in [0, 0.1) is 0 Å². The minimum Gasteiger partial charge on any atom is -0.378 e. The number of nitrogens with two attached hydrogens (primary N) is 1. The number of rotatable bonds is 6. The summed E-state index contributed by atoms with van der Waals surface area (Å²) in [6, 6.07) is 9.05. The molecule has 5 N–H and O–H groups in total. The van der Waals surface area contributed by atoms with Crippen molar-refractivity contribution in [1.29, 1.82) is 0 Å². The van der Waals surface area contributed by atoms with Crippen molar-refractivity contribution in [3.05, 3.63) is 24.3 Å². The lowest BCUT2D eigenvalue weighted by molar-refractivity contribution is 0.122. The van der Waals surface area contributed by atoms with E-state index >= 15 is 0 Å². The minimum atomic E-state index is 0.312. The molecule has 1 aliphatic heterocycles. The van der Waals surface area contributed by atoms with E-state index in [1.165, 1.54) is 5.69 Å². The van der Waals surface area contributed by atoms with Crippen LogP contribution in [-0.2, 0) is 4.74 Å². The van der Waals surface area contributed by atoms with E-state index < -0.39 is 0 Å². The van der Waals surface area contributed by atoms with Crippen molar-refractivity contribution in [3.8, 4) is 0 Å². The number of hydrogen-bond donors (Lipinski definition) is 4. The van der Waals surface area contributed by atoms with E-state index in [2.05, 4.69) is 55.0 Å². The topological polar surface area (TPSA) is 117 Å². The Kier molecular flexibility index (Phi) is 6.33. The number of anilines is 4. The van der Waals surface area contributed by atoms with Crippen LogP contribution in [0.5, 0.6) is 0 Å². The van der Waals surface area contributed by atoms with Gasteiger partial charge < -0.3 is 26.0 Å². The fraction of sp³-hybridized carbons (Fsp3) is 0.500. The number of benzene rings is 1. The van der Waals surface area contributed by atoms with Gasteiger partial charge in [-0.1, -0.05) is 0 Å². The maximum atomic E-state index is 6.09.